The fourth-order valence-electron chi connectivity index (χ4n) is 3.06. The first-order valence-corrected chi connectivity index (χ1v) is 10.4. The number of rotatable bonds is 7. The van der Waals surface area contributed by atoms with Crippen LogP contribution in [0.25, 0.3) is 0 Å². The predicted octanol–water partition coefficient (Wildman–Crippen LogP) is 3.14. The van der Waals surface area contributed by atoms with Crippen molar-refractivity contribution >= 4 is 15.7 Å². The van der Waals surface area contributed by atoms with Crippen LogP contribution in [-0.4, -0.2) is 43.4 Å². The van der Waals surface area contributed by atoms with Crippen LogP contribution in [0.15, 0.2) is 47.4 Å². The summed E-state index contributed by atoms with van der Waals surface area (Å²) >= 11 is 0. The monoisotopic (exact) mass is 406 g/mol. The van der Waals surface area contributed by atoms with Crippen molar-refractivity contribution in [1.29, 1.82) is 0 Å². The van der Waals surface area contributed by atoms with Crippen LogP contribution in [0.5, 0.6) is 11.5 Å². The lowest BCUT2D eigenvalue weighted by molar-refractivity contribution is -0.385. The third-order valence-electron chi connectivity index (χ3n) is 4.45. The minimum Gasteiger partial charge on any atom is -0.486 e. The second-order valence-electron chi connectivity index (χ2n) is 6.57. The lowest BCUT2D eigenvalue weighted by Crippen LogP contribution is -2.44. The Morgan fingerprint density at radius 3 is 2.61 bits per heavy atom. The normalized spacial score (nSPS) is 16.2. The smallest absolute Gasteiger partial charge is 0.270 e. The predicted molar refractivity (Wildman–Crippen MR) is 103 cm³/mol. The quantitative estimate of drug-likeness (QED) is 0.517. The van der Waals surface area contributed by atoms with E-state index in [-0.39, 0.29) is 30.3 Å². The summed E-state index contributed by atoms with van der Waals surface area (Å²) in [5, 5.41) is 11.1. The van der Waals surface area contributed by atoms with Crippen molar-refractivity contribution in [3.63, 3.8) is 0 Å². The number of sulfonamides is 1. The number of non-ortho nitro benzene ring substituents is 1. The van der Waals surface area contributed by atoms with Gasteiger partial charge >= 0.3 is 0 Å². The van der Waals surface area contributed by atoms with Crippen LogP contribution in [0.1, 0.15) is 18.9 Å². The molecule has 1 unspecified atom stereocenters. The van der Waals surface area contributed by atoms with Gasteiger partial charge in [-0.05, 0) is 31.0 Å². The van der Waals surface area contributed by atoms with Crippen LogP contribution < -0.4 is 9.47 Å². The Morgan fingerprint density at radius 2 is 1.93 bits per heavy atom. The maximum Gasteiger partial charge on any atom is 0.270 e. The number of hydrogen-bond acceptors (Lipinski definition) is 6. The molecule has 0 amide bonds. The van der Waals surface area contributed by atoms with E-state index in [1.165, 1.54) is 16.4 Å². The first-order chi connectivity index (χ1) is 13.3. The van der Waals surface area contributed by atoms with Crippen LogP contribution in [0, 0.1) is 17.0 Å². The van der Waals surface area contributed by atoms with Gasteiger partial charge in [0, 0.05) is 18.7 Å². The minimum atomic E-state index is -3.93. The van der Waals surface area contributed by atoms with Gasteiger partial charge in [-0.25, -0.2) is 8.42 Å². The van der Waals surface area contributed by atoms with E-state index < -0.39 is 21.1 Å². The molecular formula is C19H22N2O6S. The zero-order valence-electron chi connectivity index (χ0n) is 15.7. The highest BCUT2D eigenvalue weighted by Gasteiger charge is 2.32. The number of nitro benzene ring substituents is 1. The van der Waals surface area contributed by atoms with Crippen molar-refractivity contribution in [2.24, 2.45) is 0 Å². The minimum absolute atomic E-state index is 0.0627. The standard InChI is InChI=1S/C19H22N2O6S/c1-3-10-20(12-16-13-26-17-6-4-5-7-18(17)27-16)28(24,25)19-11-15(21(22)23)9-8-14(19)2/h4-9,11,16H,3,10,12-13H2,1-2H3. The molecule has 0 aliphatic carbocycles. The van der Waals surface area contributed by atoms with Crippen molar-refractivity contribution in [3.8, 4) is 11.5 Å². The molecule has 0 bridgehead atoms. The second kappa shape index (κ2) is 8.15. The summed E-state index contributed by atoms with van der Waals surface area (Å²) in [5.74, 6) is 1.19. The number of fused-ring (bicyclic) bond motifs is 1. The van der Waals surface area contributed by atoms with Crippen LogP contribution >= 0.6 is 0 Å². The summed E-state index contributed by atoms with van der Waals surface area (Å²) in [6.07, 6.45) is 0.118. The van der Waals surface area contributed by atoms with E-state index in [0.717, 1.165) is 6.07 Å². The molecule has 2 aromatic carbocycles. The van der Waals surface area contributed by atoms with Gasteiger partial charge in [0.05, 0.1) is 16.4 Å². The van der Waals surface area contributed by atoms with Gasteiger partial charge in [0.25, 0.3) is 5.69 Å². The van der Waals surface area contributed by atoms with E-state index in [1.54, 1.807) is 19.1 Å². The van der Waals surface area contributed by atoms with Crippen LogP contribution in [0.2, 0.25) is 0 Å². The number of benzene rings is 2. The van der Waals surface area contributed by atoms with Gasteiger partial charge in [-0.2, -0.15) is 4.31 Å². The maximum atomic E-state index is 13.2. The molecule has 0 radical (unpaired) electrons. The van der Waals surface area contributed by atoms with Crippen molar-refractivity contribution < 1.29 is 22.8 Å². The number of hydrogen-bond donors (Lipinski definition) is 0. The van der Waals surface area contributed by atoms with Crippen LogP contribution in [0.4, 0.5) is 5.69 Å². The van der Waals surface area contributed by atoms with Crippen molar-refractivity contribution in [2.45, 2.75) is 31.3 Å². The molecule has 8 nitrogen and oxygen atoms in total. The lowest BCUT2D eigenvalue weighted by Gasteiger charge is -2.31. The zero-order valence-corrected chi connectivity index (χ0v) is 16.5. The van der Waals surface area contributed by atoms with Crippen molar-refractivity contribution in [3.05, 3.63) is 58.1 Å². The molecule has 150 valence electrons. The highest BCUT2D eigenvalue weighted by atomic mass is 32.2. The molecule has 0 N–H and O–H groups in total. The van der Waals surface area contributed by atoms with Gasteiger partial charge in [-0.1, -0.05) is 25.1 Å². The van der Waals surface area contributed by atoms with E-state index in [2.05, 4.69) is 0 Å². The Balaban J connectivity index is 1.87. The summed E-state index contributed by atoms with van der Waals surface area (Å²) in [6, 6.07) is 11.1. The first-order valence-electron chi connectivity index (χ1n) is 8.96. The lowest BCUT2D eigenvalue weighted by atomic mass is 10.2. The summed E-state index contributed by atoms with van der Waals surface area (Å²) in [4.78, 5) is 10.4. The van der Waals surface area contributed by atoms with Gasteiger partial charge in [-0.3, -0.25) is 10.1 Å². The van der Waals surface area contributed by atoms with Gasteiger partial charge in [0.1, 0.15) is 12.7 Å². The Bertz CT molecular complexity index is 976. The third-order valence-corrected chi connectivity index (χ3v) is 6.46. The number of nitro groups is 1. The van der Waals surface area contributed by atoms with Crippen molar-refractivity contribution in [1.82, 2.24) is 4.31 Å². The van der Waals surface area contributed by atoms with Crippen molar-refractivity contribution in [2.75, 3.05) is 19.7 Å². The number of nitrogens with zero attached hydrogens (tertiary/aromatic N) is 2. The molecule has 3 rings (SSSR count). The number of ether oxygens (including phenoxy) is 2. The van der Waals surface area contributed by atoms with E-state index in [9.17, 15) is 18.5 Å². The summed E-state index contributed by atoms with van der Waals surface area (Å²) in [7, 11) is -3.93. The third kappa shape index (κ3) is 4.10. The van der Waals surface area contributed by atoms with Gasteiger partial charge < -0.3 is 9.47 Å². The maximum absolute atomic E-state index is 13.2. The molecule has 0 saturated heterocycles. The zero-order chi connectivity index (χ0) is 20.3. The fourth-order valence-corrected chi connectivity index (χ4v) is 4.87. The highest BCUT2D eigenvalue weighted by molar-refractivity contribution is 7.89. The average molecular weight is 406 g/mol. The Morgan fingerprint density at radius 1 is 1.21 bits per heavy atom. The average Bonchev–Trinajstić information content (AvgIpc) is 2.67. The molecule has 2 aromatic rings. The molecule has 1 atom stereocenters. The SMILES string of the molecule is CCCN(CC1COc2ccccc2O1)S(=O)(=O)c1cc([N+](=O)[O-])ccc1C. The highest BCUT2D eigenvalue weighted by Crippen LogP contribution is 2.32. The first kappa shape index (κ1) is 20.1. The molecule has 1 heterocycles. The van der Waals surface area contributed by atoms with Gasteiger partial charge in [0.2, 0.25) is 10.0 Å². The summed E-state index contributed by atoms with van der Waals surface area (Å²) < 4.78 is 39.4. The molecule has 28 heavy (non-hydrogen) atoms. The Kier molecular flexibility index (Phi) is 5.85. The number of aryl methyl sites for hydroxylation is 1. The molecule has 0 saturated carbocycles. The topological polar surface area (TPSA) is 99.0 Å². The molecule has 9 heteroatoms. The van der Waals surface area contributed by atoms with Crippen LogP contribution in [0.3, 0.4) is 0 Å². The second-order valence-corrected chi connectivity index (χ2v) is 8.47. The van der Waals surface area contributed by atoms with E-state index in [0.29, 0.717) is 23.5 Å². The van der Waals surface area contributed by atoms with E-state index in [4.69, 9.17) is 9.47 Å². The summed E-state index contributed by atoms with van der Waals surface area (Å²) in [6.45, 7) is 4.08. The molecule has 0 spiro atoms. The fraction of sp³-hybridized carbons (Fsp3) is 0.368. The Hall–Kier alpha value is -2.65. The van der Waals surface area contributed by atoms with Crippen LogP contribution in [-0.2, 0) is 10.0 Å². The van der Waals surface area contributed by atoms with E-state index >= 15 is 0 Å². The molecule has 1 aliphatic rings. The molecule has 1 aliphatic heterocycles. The molecule has 0 aromatic heterocycles. The van der Waals surface area contributed by atoms with Gasteiger partial charge in [-0.15, -0.1) is 0 Å². The van der Waals surface area contributed by atoms with Gasteiger partial charge in [0.15, 0.2) is 11.5 Å². The molecular weight excluding hydrogens is 384 g/mol. The largest absolute Gasteiger partial charge is 0.486 e. The van der Waals surface area contributed by atoms with E-state index in [1.807, 2.05) is 19.1 Å². The molecule has 0 fully saturated rings. The summed E-state index contributed by atoms with van der Waals surface area (Å²) in [5.41, 5.74) is 0.199. The number of para-hydroxylation sites is 2. The Labute approximate surface area is 163 Å².